The maximum absolute atomic E-state index is 12.5. The van der Waals surface area contributed by atoms with Crippen LogP contribution < -0.4 is 15.4 Å². The number of carbonyl (C=O) groups is 2. The van der Waals surface area contributed by atoms with Crippen molar-refractivity contribution in [2.45, 2.75) is 39.4 Å². The molecule has 0 fully saturated rings. The molecule has 2 amide bonds. The van der Waals surface area contributed by atoms with E-state index < -0.39 is 0 Å². The van der Waals surface area contributed by atoms with Crippen molar-refractivity contribution in [3.63, 3.8) is 0 Å². The van der Waals surface area contributed by atoms with Gasteiger partial charge in [0.05, 0.1) is 30.2 Å². The molecule has 0 atom stereocenters. The molecule has 0 aliphatic carbocycles. The van der Waals surface area contributed by atoms with Gasteiger partial charge >= 0.3 is 0 Å². The predicted molar refractivity (Wildman–Crippen MR) is 104 cm³/mol. The van der Waals surface area contributed by atoms with Gasteiger partial charge in [-0.15, -0.1) is 0 Å². The lowest BCUT2D eigenvalue weighted by Gasteiger charge is -2.27. The Bertz CT molecular complexity index is 892. The second-order valence-electron chi connectivity index (χ2n) is 7.21. The summed E-state index contributed by atoms with van der Waals surface area (Å²) in [4.78, 5) is 26.3. The van der Waals surface area contributed by atoms with Crippen molar-refractivity contribution in [1.82, 2.24) is 20.0 Å². The van der Waals surface area contributed by atoms with Crippen LogP contribution in [0.25, 0.3) is 0 Å². The third-order valence-corrected chi connectivity index (χ3v) is 5.06. The summed E-state index contributed by atoms with van der Waals surface area (Å²) in [6, 6.07) is 7.08. The number of hydrogen-bond donors (Lipinski definition) is 2. The Labute approximate surface area is 163 Å². The number of rotatable bonds is 6. The van der Waals surface area contributed by atoms with Crippen LogP contribution in [-0.2, 0) is 24.4 Å². The highest BCUT2D eigenvalue weighted by Gasteiger charge is 2.20. The number of aromatic nitrogens is 2. The molecule has 2 aliphatic rings. The smallest absolute Gasteiger partial charge is 0.262 e. The first-order valence-corrected chi connectivity index (χ1v) is 9.75. The minimum atomic E-state index is -0.196. The molecule has 2 N–H and O–H groups in total. The Kier molecular flexibility index (Phi) is 5.29. The van der Waals surface area contributed by atoms with Gasteiger partial charge < -0.3 is 15.4 Å². The summed E-state index contributed by atoms with van der Waals surface area (Å²) in [6.45, 7) is 6.49. The van der Waals surface area contributed by atoms with Gasteiger partial charge in [0.2, 0.25) is 0 Å². The van der Waals surface area contributed by atoms with Crippen LogP contribution >= 0.6 is 0 Å². The van der Waals surface area contributed by atoms with Gasteiger partial charge in [0.15, 0.2) is 6.61 Å². The predicted octanol–water partition coefficient (Wildman–Crippen LogP) is 1.76. The first-order valence-electron chi connectivity index (χ1n) is 9.75. The van der Waals surface area contributed by atoms with Gasteiger partial charge in [0.1, 0.15) is 5.75 Å². The van der Waals surface area contributed by atoms with Crippen LogP contribution in [0.1, 0.15) is 41.5 Å². The van der Waals surface area contributed by atoms with Crippen molar-refractivity contribution in [3.05, 3.63) is 41.2 Å². The van der Waals surface area contributed by atoms with E-state index in [1.54, 1.807) is 18.2 Å². The van der Waals surface area contributed by atoms with Crippen molar-refractivity contribution < 1.29 is 14.3 Å². The minimum Gasteiger partial charge on any atom is -0.482 e. The number of nitrogens with one attached hydrogen (secondary N) is 2. The van der Waals surface area contributed by atoms with Crippen LogP contribution in [0, 0.1) is 0 Å². The summed E-state index contributed by atoms with van der Waals surface area (Å²) in [6.07, 6.45) is 2.42. The van der Waals surface area contributed by atoms with E-state index in [-0.39, 0.29) is 18.4 Å². The largest absolute Gasteiger partial charge is 0.482 e. The molecule has 8 heteroatoms. The lowest BCUT2D eigenvalue weighted by atomic mass is 10.1. The second kappa shape index (κ2) is 8.02. The average Bonchev–Trinajstić information content (AvgIpc) is 3.12. The van der Waals surface area contributed by atoms with Crippen LogP contribution in [0.3, 0.4) is 0 Å². The summed E-state index contributed by atoms with van der Waals surface area (Å²) in [7, 11) is 0. The second-order valence-corrected chi connectivity index (χ2v) is 7.21. The zero-order chi connectivity index (χ0) is 19.5. The van der Waals surface area contributed by atoms with Crippen LogP contribution in [-0.4, -0.2) is 46.2 Å². The molecule has 8 nitrogen and oxygen atoms in total. The molecule has 2 aromatic rings. The number of nitrogens with zero attached hydrogens (tertiary/aromatic N) is 3. The summed E-state index contributed by atoms with van der Waals surface area (Å²) >= 11 is 0. The first-order chi connectivity index (χ1) is 13.6. The maximum Gasteiger partial charge on any atom is 0.262 e. The summed E-state index contributed by atoms with van der Waals surface area (Å²) in [5, 5.41) is 10.2. The minimum absolute atomic E-state index is 0.0342. The molecule has 1 aromatic heterocycles. The number of benzene rings is 1. The van der Waals surface area contributed by atoms with Crippen molar-refractivity contribution in [2.75, 3.05) is 25.0 Å². The van der Waals surface area contributed by atoms with E-state index in [4.69, 9.17) is 4.74 Å². The van der Waals surface area contributed by atoms with Gasteiger partial charge in [-0.2, -0.15) is 5.10 Å². The molecule has 0 saturated heterocycles. The highest BCUT2D eigenvalue weighted by molar-refractivity contribution is 5.98. The monoisotopic (exact) mass is 383 g/mol. The zero-order valence-corrected chi connectivity index (χ0v) is 16.0. The number of unbranched alkanes of at least 4 members (excludes halogenated alkanes) is 1. The lowest BCUT2D eigenvalue weighted by Crippen LogP contribution is -2.34. The van der Waals surface area contributed by atoms with E-state index in [0.717, 1.165) is 31.9 Å². The Morgan fingerprint density at radius 2 is 2.21 bits per heavy atom. The molecular weight excluding hydrogens is 358 g/mol. The van der Waals surface area contributed by atoms with Crippen molar-refractivity contribution in [3.8, 4) is 5.75 Å². The third-order valence-electron chi connectivity index (χ3n) is 5.06. The van der Waals surface area contributed by atoms with E-state index in [9.17, 15) is 9.59 Å². The van der Waals surface area contributed by atoms with Crippen LogP contribution in [0.5, 0.6) is 5.75 Å². The molecular formula is C20H25N5O3. The number of amides is 2. The summed E-state index contributed by atoms with van der Waals surface area (Å²) in [5.74, 6) is 0.123. The normalized spacial score (nSPS) is 16.0. The molecule has 0 unspecified atom stereocenters. The van der Waals surface area contributed by atoms with Crippen molar-refractivity contribution in [1.29, 1.82) is 0 Å². The van der Waals surface area contributed by atoms with Gasteiger partial charge in [-0.1, -0.05) is 13.3 Å². The highest BCUT2D eigenvalue weighted by Crippen LogP contribution is 2.28. The molecule has 2 aliphatic heterocycles. The topological polar surface area (TPSA) is 88.5 Å². The van der Waals surface area contributed by atoms with Gasteiger partial charge in [-0.3, -0.25) is 19.2 Å². The number of fused-ring (bicyclic) bond motifs is 2. The molecule has 148 valence electrons. The van der Waals surface area contributed by atoms with Gasteiger partial charge in [-0.25, -0.2) is 0 Å². The quantitative estimate of drug-likeness (QED) is 0.794. The Morgan fingerprint density at radius 1 is 1.32 bits per heavy atom. The molecule has 0 spiro atoms. The van der Waals surface area contributed by atoms with Gasteiger partial charge in [0, 0.05) is 18.7 Å². The van der Waals surface area contributed by atoms with Crippen LogP contribution in [0.4, 0.5) is 5.69 Å². The van der Waals surface area contributed by atoms with Crippen molar-refractivity contribution in [2.24, 2.45) is 0 Å². The Hall–Kier alpha value is -2.87. The summed E-state index contributed by atoms with van der Waals surface area (Å²) < 4.78 is 7.41. The molecule has 0 saturated carbocycles. The number of hydrogen-bond acceptors (Lipinski definition) is 5. The Balaban J connectivity index is 1.36. The van der Waals surface area contributed by atoms with Crippen LogP contribution in [0.2, 0.25) is 0 Å². The number of carbonyl (C=O) groups excluding carboxylic acids is 2. The van der Waals surface area contributed by atoms with E-state index in [0.29, 0.717) is 23.5 Å². The maximum atomic E-state index is 12.5. The third kappa shape index (κ3) is 4.01. The Morgan fingerprint density at radius 3 is 3.07 bits per heavy atom. The van der Waals surface area contributed by atoms with Crippen LogP contribution in [0.15, 0.2) is 24.3 Å². The fourth-order valence-electron chi connectivity index (χ4n) is 3.53. The van der Waals surface area contributed by atoms with Gasteiger partial charge in [0.25, 0.3) is 11.8 Å². The van der Waals surface area contributed by atoms with E-state index >= 15 is 0 Å². The SMILES string of the molecule is CCCCN1CCn2nc(CNC(=O)c3ccc4c(c3)OCC(=O)N4)cc2C1. The zero-order valence-electron chi connectivity index (χ0n) is 16.0. The molecule has 28 heavy (non-hydrogen) atoms. The molecule has 0 radical (unpaired) electrons. The van der Waals surface area contributed by atoms with E-state index in [1.165, 1.54) is 18.5 Å². The summed E-state index contributed by atoms with van der Waals surface area (Å²) in [5.41, 5.74) is 3.14. The van der Waals surface area contributed by atoms with E-state index in [2.05, 4.69) is 33.6 Å². The fourth-order valence-corrected chi connectivity index (χ4v) is 3.53. The molecule has 1 aromatic carbocycles. The first kappa shape index (κ1) is 18.5. The number of anilines is 1. The molecule has 0 bridgehead atoms. The van der Waals surface area contributed by atoms with E-state index in [1.807, 2.05) is 4.68 Å². The lowest BCUT2D eigenvalue weighted by molar-refractivity contribution is -0.118. The average molecular weight is 383 g/mol. The van der Waals surface area contributed by atoms with Crippen molar-refractivity contribution >= 4 is 17.5 Å². The standard InChI is InChI=1S/C20H25N5O3/c1-2-3-6-24-7-8-25-16(12-24)10-15(23-25)11-21-20(27)14-4-5-17-18(9-14)28-13-19(26)22-17/h4-5,9-10H,2-3,6-8,11-13H2,1H3,(H,21,27)(H,22,26). The fraction of sp³-hybridized carbons (Fsp3) is 0.450. The molecule has 3 heterocycles. The number of ether oxygens (including phenoxy) is 1. The highest BCUT2D eigenvalue weighted by atomic mass is 16.5. The molecule has 4 rings (SSSR count). The van der Waals surface area contributed by atoms with Gasteiger partial charge in [-0.05, 0) is 37.2 Å².